The minimum atomic E-state index is -4.11. The minimum Gasteiger partial charge on any atom is -0.384 e. The topological polar surface area (TPSA) is 12.0 Å². The molecule has 6 heteroatoms. The highest BCUT2D eigenvalue weighted by Gasteiger charge is 2.25. The van der Waals surface area contributed by atoms with Gasteiger partial charge in [-0.1, -0.05) is 29.3 Å². The third kappa shape index (κ3) is 4.49. The molecule has 1 aromatic rings. The van der Waals surface area contributed by atoms with Crippen LogP contribution in [0.2, 0.25) is 10.0 Å². The number of anilines is 1. The van der Waals surface area contributed by atoms with Gasteiger partial charge in [0.2, 0.25) is 0 Å². The Morgan fingerprint density at radius 2 is 1.88 bits per heavy atom. The normalized spacial score (nSPS) is 11.6. The van der Waals surface area contributed by atoms with Crippen LogP contribution in [0.5, 0.6) is 0 Å². The monoisotopic (exact) mass is 271 g/mol. The predicted molar refractivity (Wildman–Crippen MR) is 60.2 cm³/mol. The molecular formula is C10H10Cl2F3N. The van der Waals surface area contributed by atoms with Crippen molar-refractivity contribution in [3.63, 3.8) is 0 Å². The first-order chi connectivity index (χ1) is 7.40. The van der Waals surface area contributed by atoms with Crippen LogP contribution in [0.15, 0.2) is 18.2 Å². The minimum absolute atomic E-state index is 0.00629. The molecule has 0 saturated heterocycles. The van der Waals surface area contributed by atoms with Gasteiger partial charge in [-0.05, 0) is 18.6 Å². The smallest absolute Gasteiger partial charge is 0.384 e. The number of halogens is 5. The van der Waals surface area contributed by atoms with Crippen LogP contribution in [0.25, 0.3) is 0 Å². The zero-order valence-corrected chi connectivity index (χ0v) is 9.76. The molecule has 16 heavy (non-hydrogen) atoms. The summed E-state index contributed by atoms with van der Waals surface area (Å²) in [6, 6.07) is 4.97. The molecule has 0 fully saturated rings. The van der Waals surface area contributed by atoms with E-state index in [2.05, 4.69) is 5.32 Å². The molecule has 0 amide bonds. The van der Waals surface area contributed by atoms with Gasteiger partial charge in [-0.3, -0.25) is 0 Å². The van der Waals surface area contributed by atoms with Gasteiger partial charge in [-0.25, -0.2) is 0 Å². The summed E-state index contributed by atoms with van der Waals surface area (Å²) in [6.07, 6.45) is -4.91. The molecule has 1 rings (SSSR count). The van der Waals surface area contributed by atoms with E-state index in [1.54, 1.807) is 18.2 Å². The molecule has 0 aliphatic rings. The van der Waals surface area contributed by atoms with Crippen molar-refractivity contribution in [2.24, 2.45) is 0 Å². The number of alkyl halides is 3. The van der Waals surface area contributed by atoms with Crippen LogP contribution in [0.4, 0.5) is 18.9 Å². The van der Waals surface area contributed by atoms with Crippen molar-refractivity contribution in [3.05, 3.63) is 28.2 Å². The molecule has 1 aromatic carbocycles. The van der Waals surface area contributed by atoms with E-state index < -0.39 is 12.6 Å². The first-order valence-corrected chi connectivity index (χ1v) is 5.40. The zero-order chi connectivity index (χ0) is 12.2. The lowest BCUT2D eigenvalue weighted by molar-refractivity contribution is -0.134. The second-order valence-electron chi connectivity index (χ2n) is 3.25. The molecule has 0 radical (unpaired) electrons. The highest BCUT2D eigenvalue weighted by molar-refractivity contribution is 6.43. The Hall–Kier alpha value is -0.610. The number of hydrogen-bond acceptors (Lipinski definition) is 1. The van der Waals surface area contributed by atoms with E-state index in [4.69, 9.17) is 23.2 Å². The lowest BCUT2D eigenvalue weighted by Crippen LogP contribution is -2.11. The summed E-state index contributed by atoms with van der Waals surface area (Å²) in [7, 11) is 0. The summed E-state index contributed by atoms with van der Waals surface area (Å²) in [6.45, 7) is 0.208. The lowest BCUT2D eigenvalue weighted by atomic mass is 10.2. The van der Waals surface area contributed by atoms with E-state index in [0.29, 0.717) is 15.7 Å². The van der Waals surface area contributed by atoms with Gasteiger partial charge in [0.25, 0.3) is 0 Å². The van der Waals surface area contributed by atoms with Crippen molar-refractivity contribution in [3.8, 4) is 0 Å². The average molecular weight is 272 g/mol. The van der Waals surface area contributed by atoms with Gasteiger partial charge >= 0.3 is 6.18 Å². The maximum absolute atomic E-state index is 11.8. The highest BCUT2D eigenvalue weighted by atomic mass is 35.5. The Kier molecular flexibility index (Phi) is 4.74. The Labute approximate surface area is 102 Å². The summed E-state index contributed by atoms with van der Waals surface area (Å²) < 4.78 is 35.5. The highest BCUT2D eigenvalue weighted by Crippen LogP contribution is 2.29. The third-order valence-corrected chi connectivity index (χ3v) is 2.72. The molecule has 0 atom stereocenters. The van der Waals surface area contributed by atoms with E-state index in [1.807, 2.05) is 0 Å². The fourth-order valence-corrected chi connectivity index (χ4v) is 1.52. The quantitative estimate of drug-likeness (QED) is 0.780. The summed E-state index contributed by atoms with van der Waals surface area (Å²) >= 11 is 11.6. The van der Waals surface area contributed by atoms with Gasteiger partial charge in [-0.2, -0.15) is 13.2 Å². The Bertz CT molecular complexity index is 352. The molecule has 1 nitrogen and oxygen atoms in total. The first-order valence-electron chi connectivity index (χ1n) is 4.65. The molecule has 0 spiro atoms. The van der Waals surface area contributed by atoms with E-state index in [0.717, 1.165) is 0 Å². The van der Waals surface area contributed by atoms with Crippen molar-refractivity contribution < 1.29 is 13.2 Å². The summed E-state index contributed by atoms with van der Waals surface area (Å²) in [5.74, 6) is 0. The molecule has 0 saturated carbocycles. The van der Waals surface area contributed by atoms with Crippen LogP contribution in [-0.4, -0.2) is 12.7 Å². The Morgan fingerprint density at radius 3 is 2.50 bits per heavy atom. The number of rotatable bonds is 4. The molecule has 0 aliphatic carbocycles. The van der Waals surface area contributed by atoms with Crippen molar-refractivity contribution >= 4 is 28.9 Å². The molecule has 0 bridgehead atoms. The van der Waals surface area contributed by atoms with Gasteiger partial charge in [0, 0.05) is 13.0 Å². The Balaban J connectivity index is 2.41. The molecule has 0 aliphatic heterocycles. The third-order valence-electron chi connectivity index (χ3n) is 1.90. The molecule has 0 aromatic heterocycles. The maximum Gasteiger partial charge on any atom is 0.389 e. The summed E-state index contributed by atoms with van der Waals surface area (Å²) in [5.41, 5.74) is 0.552. The Morgan fingerprint density at radius 1 is 1.19 bits per heavy atom. The lowest BCUT2D eigenvalue weighted by Gasteiger charge is -2.10. The van der Waals surface area contributed by atoms with Crippen molar-refractivity contribution in [2.75, 3.05) is 11.9 Å². The van der Waals surface area contributed by atoms with Crippen LogP contribution in [0, 0.1) is 0 Å². The van der Waals surface area contributed by atoms with E-state index in [-0.39, 0.29) is 13.0 Å². The fourth-order valence-electron chi connectivity index (χ4n) is 1.15. The largest absolute Gasteiger partial charge is 0.389 e. The van der Waals surface area contributed by atoms with Crippen LogP contribution in [0.1, 0.15) is 12.8 Å². The first kappa shape index (κ1) is 13.5. The summed E-state index contributed by atoms with van der Waals surface area (Å²) in [4.78, 5) is 0. The van der Waals surface area contributed by atoms with E-state index in [1.165, 1.54) is 0 Å². The van der Waals surface area contributed by atoms with Gasteiger partial charge < -0.3 is 5.32 Å². The summed E-state index contributed by atoms with van der Waals surface area (Å²) in [5, 5.41) is 3.52. The van der Waals surface area contributed by atoms with Crippen LogP contribution < -0.4 is 5.32 Å². The number of benzene rings is 1. The zero-order valence-electron chi connectivity index (χ0n) is 8.24. The molecular weight excluding hydrogens is 262 g/mol. The molecule has 0 unspecified atom stereocenters. The van der Waals surface area contributed by atoms with Gasteiger partial charge in [0.15, 0.2) is 0 Å². The van der Waals surface area contributed by atoms with Crippen LogP contribution in [0.3, 0.4) is 0 Å². The molecule has 90 valence electrons. The van der Waals surface area contributed by atoms with Gasteiger partial charge in [-0.15, -0.1) is 0 Å². The SMILES string of the molecule is FC(F)(F)CCCNc1cccc(Cl)c1Cl. The standard InChI is InChI=1S/C10H10Cl2F3N/c11-7-3-1-4-8(9(7)12)16-6-2-5-10(13,14)15/h1,3-4,16H,2,5-6H2. The average Bonchev–Trinajstić information content (AvgIpc) is 2.17. The van der Waals surface area contributed by atoms with E-state index in [9.17, 15) is 13.2 Å². The van der Waals surface area contributed by atoms with Gasteiger partial charge in [0.05, 0.1) is 15.7 Å². The van der Waals surface area contributed by atoms with Crippen LogP contribution in [-0.2, 0) is 0 Å². The van der Waals surface area contributed by atoms with Gasteiger partial charge in [0.1, 0.15) is 0 Å². The predicted octanol–water partition coefficient (Wildman–Crippen LogP) is 4.75. The fraction of sp³-hybridized carbons (Fsp3) is 0.400. The second kappa shape index (κ2) is 5.64. The second-order valence-corrected chi connectivity index (χ2v) is 4.03. The number of nitrogens with one attached hydrogen (secondary N) is 1. The van der Waals surface area contributed by atoms with Crippen molar-refractivity contribution in [1.29, 1.82) is 0 Å². The van der Waals surface area contributed by atoms with Crippen molar-refractivity contribution in [1.82, 2.24) is 0 Å². The van der Waals surface area contributed by atoms with Crippen LogP contribution >= 0.6 is 23.2 Å². The van der Waals surface area contributed by atoms with Crippen molar-refractivity contribution in [2.45, 2.75) is 19.0 Å². The number of hydrogen-bond donors (Lipinski definition) is 1. The molecule has 1 N–H and O–H groups in total. The van der Waals surface area contributed by atoms with E-state index >= 15 is 0 Å². The maximum atomic E-state index is 11.8. The molecule has 0 heterocycles.